The highest BCUT2D eigenvalue weighted by Crippen LogP contribution is 2.35. The first-order valence-corrected chi connectivity index (χ1v) is 9.85. The number of allylic oxidation sites excluding steroid dienone is 5. The summed E-state index contributed by atoms with van der Waals surface area (Å²) in [6.45, 7) is 2.01. The molecule has 0 unspecified atom stereocenters. The van der Waals surface area contributed by atoms with Crippen LogP contribution in [0, 0.1) is 11.8 Å². The van der Waals surface area contributed by atoms with Crippen molar-refractivity contribution in [2.75, 3.05) is 0 Å². The first-order chi connectivity index (χ1) is 13.0. The van der Waals surface area contributed by atoms with Crippen LogP contribution >= 0.6 is 0 Å². The molecule has 5 heteroatoms. The Hall–Kier alpha value is -1.69. The number of carbonyl (C=O) groups is 1. The van der Waals surface area contributed by atoms with Gasteiger partial charge in [-0.3, -0.25) is 4.79 Å². The van der Waals surface area contributed by atoms with Crippen molar-refractivity contribution >= 4 is 5.97 Å². The fraction of sp³-hybridized carbons (Fsp3) is 0.591. The summed E-state index contributed by atoms with van der Waals surface area (Å²) < 4.78 is 0. The first kappa shape index (κ1) is 23.3. The fourth-order valence-corrected chi connectivity index (χ4v) is 3.37. The van der Waals surface area contributed by atoms with Gasteiger partial charge in [-0.25, -0.2) is 0 Å². The van der Waals surface area contributed by atoms with E-state index in [0.29, 0.717) is 19.3 Å². The maximum Gasteiger partial charge on any atom is 0.303 e. The smallest absolute Gasteiger partial charge is 0.303 e. The standard InChI is InChI=1S/C22H34O5/c1-2-18-19(21(25)16-20(18)24)15-14-17(23)12-10-8-6-4-3-5-7-9-11-13-22(26)27/h3-4,7-10,14-15,17-21,23-25H,2,5-6,11-13,16H2,1H3,(H,26,27)/b4-3-,9-7-,10-8-,15-14+/t17-,18+,19+,20-,21+/m0/s1. The average Bonchev–Trinajstić information content (AvgIpc) is 2.90. The Kier molecular flexibility index (Phi) is 11.7. The number of rotatable bonds is 12. The van der Waals surface area contributed by atoms with Crippen molar-refractivity contribution in [3.05, 3.63) is 48.6 Å². The lowest BCUT2D eigenvalue weighted by molar-refractivity contribution is -0.136. The van der Waals surface area contributed by atoms with Gasteiger partial charge in [0.15, 0.2) is 0 Å². The van der Waals surface area contributed by atoms with Crippen molar-refractivity contribution in [3.63, 3.8) is 0 Å². The van der Waals surface area contributed by atoms with Gasteiger partial charge in [0.1, 0.15) is 0 Å². The molecule has 1 fully saturated rings. The van der Waals surface area contributed by atoms with E-state index in [1.807, 2.05) is 49.5 Å². The fourth-order valence-electron chi connectivity index (χ4n) is 3.37. The lowest BCUT2D eigenvalue weighted by Gasteiger charge is -2.19. The topological polar surface area (TPSA) is 98.0 Å². The third-order valence-electron chi connectivity index (χ3n) is 4.89. The van der Waals surface area contributed by atoms with Crippen LogP contribution in [0.4, 0.5) is 0 Å². The second kappa shape index (κ2) is 13.5. The van der Waals surface area contributed by atoms with E-state index in [1.54, 1.807) is 6.08 Å². The molecule has 0 spiro atoms. The van der Waals surface area contributed by atoms with Gasteiger partial charge in [0, 0.05) is 18.8 Å². The number of aliphatic hydroxyl groups excluding tert-OH is 3. The maximum absolute atomic E-state index is 10.3. The summed E-state index contributed by atoms with van der Waals surface area (Å²) >= 11 is 0. The zero-order valence-corrected chi connectivity index (χ0v) is 16.2. The molecule has 0 aliphatic heterocycles. The molecule has 5 atom stereocenters. The van der Waals surface area contributed by atoms with Gasteiger partial charge < -0.3 is 20.4 Å². The summed E-state index contributed by atoms with van der Waals surface area (Å²) in [6.07, 6.45) is 17.8. The van der Waals surface area contributed by atoms with Crippen LogP contribution < -0.4 is 0 Å². The van der Waals surface area contributed by atoms with Gasteiger partial charge in [0.25, 0.3) is 0 Å². The third kappa shape index (κ3) is 9.70. The Balaban J connectivity index is 2.21. The molecule has 4 N–H and O–H groups in total. The predicted octanol–water partition coefficient (Wildman–Crippen LogP) is 3.38. The summed E-state index contributed by atoms with van der Waals surface area (Å²) in [5.41, 5.74) is 0. The number of hydrogen-bond acceptors (Lipinski definition) is 4. The van der Waals surface area contributed by atoms with Crippen LogP contribution in [-0.2, 0) is 4.79 Å². The monoisotopic (exact) mass is 378 g/mol. The van der Waals surface area contributed by atoms with Crippen molar-refractivity contribution in [2.45, 2.75) is 70.2 Å². The second-order valence-electron chi connectivity index (χ2n) is 7.03. The quantitative estimate of drug-likeness (QED) is 0.390. The molecule has 0 bridgehead atoms. The lowest BCUT2D eigenvalue weighted by Crippen LogP contribution is -2.20. The zero-order valence-electron chi connectivity index (χ0n) is 16.2. The van der Waals surface area contributed by atoms with Gasteiger partial charge in [0.05, 0.1) is 18.3 Å². The molecule has 1 aliphatic carbocycles. The Bertz CT molecular complexity index is 535. The van der Waals surface area contributed by atoms with E-state index in [4.69, 9.17) is 5.11 Å². The van der Waals surface area contributed by atoms with Gasteiger partial charge in [-0.2, -0.15) is 0 Å². The molecule has 0 aromatic heterocycles. The minimum absolute atomic E-state index is 0.0577. The van der Waals surface area contributed by atoms with E-state index >= 15 is 0 Å². The summed E-state index contributed by atoms with van der Waals surface area (Å²) in [5.74, 6) is -0.808. The van der Waals surface area contributed by atoms with Crippen molar-refractivity contribution in [2.24, 2.45) is 11.8 Å². The molecule has 1 rings (SSSR count). The van der Waals surface area contributed by atoms with Crippen molar-refractivity contribution in [3.8, 4) is 0 Å². The van der Waals surface area contributed by atoms with Gasteiger partial charge in [0.2, 0.25) is 0 Å². The minimum Gasteiger partial charge on any atom is -0.481 e. The Morgan fingerprint density at radius 2 is 1.67 bits per heavy atom. The van der Waals surface area contributed by atoms with Crippen LogP contribution in [-0.4, -0.2) is 44.7 Å². The number of aliphatic hydroxyl groups is 3. The lowest BCUT2D eigenvalue weighted by atomic mass is 9.90. The van der Waals surface area contributed by atoms with Gasteiger partial charge in [-0.15, -0.1) is 0 Å². The summed E-state index contributed by atoms with van der Waals surface area (Å²) in [7, 11) is 0. The van der Waals surface area contributed by atoms with Crippen molar-refractivity contribution in [1.82, 2.24) is 0 Å². The summed E-state index contributed by atoms with van der Waals surface area (Å²) in [4.78, 5) is 10.3. The van der Waals surface area contributed by atoms with Gasteiger partial charge in [-0.05, 0) is 31.6 Å². The molecule has 0 heterocycles. The summed E-state index contributed by atoms with van der Waals surface area (Å²) in [5, 5.41) is 38.5. The Morgan fingerprint density at radius 3 is 2.30 bits per heavy atom. The Labute approximate surface area is 162 Å². The van der Waals surface area contributed by atoms with E-state index in [2.05, 4.69) is 0 Å². The molecule has 0 radical (unpaired) electrons. The number of carboxylic acid groups (broad SMARTS) is 1. The van der Waals surface area contributed by atoms with E-state index in [0.717, 1.165) is 19.3 Å². The molecule has 0 amide bonds. The van der Waals surface area contributed by atoms with Crippen molar-refractivity contribution < 1.29 is 25.2 Å². The van der Waals surface area contributed by atoms with Crippen LogP contribution in [0.1, 0.15) is 51.9 Å². The minimum atomic E-state index is -0.778. The molecule has 1 saturated carbocycles. The van der Waals surface area contributed by atoms with Crippen LogP contribution in [0.3, 0.4) is 0 Å². The van der Waals surface area contributed by atoms with E-state index in [9.17, 15) is 20.1 Å². The third-order valence-corrected chi connectivity index (χ3v) is 4.89. The molecule has 1 aliphatic rings. The SMILES string of the molecule is CC[C@@H]1[C@@H](/C=C/[C@@H](O)C/C=C\C/C=C\C/C=C\CCC(=O)O)[C@H](O)C[C@@H]1O. The normalized spacial score (nSPS) is 27.6. The van der Waals surface area contributed by atoms with E-state index in [1.165, 1.54) is 0 Å². The summed E-state index contributed by atoms with van der Waals surface area (Å²) in [6, 6.07) is 0. The van der Waals surface area contributed by atoms with Crippen LogP contribution in [0.15, 0.2) is 48.6 Å². The molecular formula is C22H34O5. The molecule has 0 aromatic carbocycles. The van der Waals surface area contributed by atoms with Crippen LogP contribution in [0.25, 0.3) is 0 Å². The molecule has 152 valence electrons. The van der Waals surface area contributed by atoms with Crippen LogP contribution in [0.2, 0.25) is 0 Å². The highest BCUT2D eigenvalue weighted by Gasteiger charge is 2.38. The molecule has 0 saturated heterocycles. The number of aliphatic carboxylic acids is 1. The first-order valence-electron chi connectivity index (χ1n) is 9.85. The van der Waals surface area contributed by atoms with E-state index in [-0.39, 0.29) is 18.3 Å². The maximum atomic E-state index is 10.3. The molecule has 0 aromatic rings. The zero-order chi connectivity index (χ0) is 20.1. The van der Waals surface area contributed by atoms with Crippen molar-refractivity contribution in [1.29, 1.82) is 0 Å². The number of carboxylic acids is 1. The molecule has 27 heavy (non-hydrogen) atoms. The van der Waals surface area contributed by atoms with E-state index < -0.39 is 24.3 Å². The number of hydrogen-bond donors (Lipinski definition) is 4. The van der Waals surface area contributed by atoms with Gasteiger partial charge >= 0.3 is 5.97 Å². The molecule has 5 nitrogen and oxygen atoms in total. The molecular weight excluding hydrogens is 344 g/mol. The predicted molar refractivity (Wildman–Crippen MR) is 107 cm³/mol. The average molecular weight is 379 g/mol. The second-order valence-corrected chi connectivity index (χ2v) is 7.03. The largest absolute Gasteiger partial charge is 0.481 e. The van der Waals surface area contributed by atoms with Gasteiger partial charge in [-0.1, -0.05) is 62.0 Å². The highest BCUT2D eigenvalue weighted by atomic mass is 16.4. The highest BCUT2D eigenvalue weighted by molar-refractivity contribution is 5.66. The Morgan fingerprint density at radius 1 is 1.04 bits per heavy atom. The van der Waals surface area contributed by atoms with Crippen LogP contribution in [0.5, 0.6) is 0 Å².